The van der Waals surface area contributed by atoms with E-state index in [2.05, 4.69) is 10.2 Å². The molecule has 1 N–H and O–H groups in total. The minimum Gasteiger partial charge on any atom is -0.342 e. The van der Waals surface area contributed by atoms with Crippen LogP contribution in [0, 0.1) is 5.41 Å². The molecule has 0 aromatic rings. The third-order valence-electron chi connectivity index (χ3n) is 5.25. The van der Waals surface area contributed by atoms with Crippen molar-refractivity contribution in [3.05, 3.63) is 0 Å². The quantitative estimate of drug-likeness (QED) is 0.784. The molecule has 3 heterocycles. The Kier molecular flexibility index (Phi) is 3.72. The van der Waals surface area contributed by atoms with Crippen molar-refractivity contribution in [2.24, 2.45) is 5.41 Å². The maximum atomic E-state index is 12.8. The van der Waals surface area contributed by atoms with E-state index in [1.165, 1.54) is 19.4 Å². The number of fused-ring (bicyclic) bond motifs is 1. The van der Waals surface area contributed by atoms with Gasteiger partial charge in [-0.2, -0.15) is 0 Å². The number of hydrogen-bond donors (Lipinski definition) is 1. The standard InChI is InChI=1S/C16H27N3O2/c1-16(2,3)14-15(21)19(10-13(20)17-14)12-6-8-18-7-4-5-11(18)9-12/h11-12,14H,4-10H2,1-3H3,(H,17,20). The zero-order valence-corrected chi connectivity index (χ0v) is 13.4. The van der Waals surface area contributed by atoms with E-state index in [9.17, 15) is 9.59 Å². The van der Waals surface area contributed by atoms with Gasteiger partial charge in [0.05, 0.1) is 6.54 Å². The molecule has 5 heteroatoms. The van der Waals surface area contributed by atoms with Crippen LogP contribution in [-0.2, 0) is 9.59 Å². The molecule has 3 saturated heterocycles. The summed E-state index contributed by atoms with van der Waals surface area (Å²) in [7, 11) is 0. The SMILES string of the molecule is CC(C)(C)C1NC(=O)CN(C2CCN3CCCC3C2)C1=O. The highest BCUT2D eigenvalue weighted by Gasteiger charge is 2.44. The molecule has 3 aliphatic heterocycles. The fourth-order valence-electron chi connectivity index (χ4n) is 4.05. The molecule has 3 rings (SSSR count). The Morgan fingerprint density at radius 2 is 1.86 bits per heavy atom. The van der Waals surface area contributed by atoms with Gasteiger partial charge in [0, 0.05) is 18.6 Å². The normalized spacial score (nSPS) is 34.8. The van der Waals surface area contributed by atoms with Crippen LogP contribution in [0.2, 0.25) is 0 Å². The lowest BCUT2D eigenvalue weighted by atomic mass is 9.83. The minimum atomic E-state index is -0.389. The van der Waals surface area contributed by atoms with E-state index < -0.39 is 0 Å². The molecule has 0 aromatic carbocycles. The topological polar surface area (TPSA) is 52.7 Å². The molecule has 0 radical (unpaired) electrons. The molecule has 3 aliphatic rings. The summed E-state index contributed by atoms with van der Waals surface area (Å²) in [6.07, 6.45) is 4.56. The molecule has 3 fully saturated rings. The van der Waals surface area contributed by atoms with E-state index >= 15 is 0 Å². The molecule has 3 unspecified atom stereocenters. The molecule has 0 bridgehead atoms. The summed E-state index contributed by atoms with van der Waals surface area (Å²) >= 11 is 0. The Balaban J connectivity index is 1.74. The average Bonchev–Trinajstić information content (AvgIpc) is 2.87. The minimum absolute atomic E-state index is 0.0108. The number of carbonyl (C=O) groups is 2. The van der Waals surface area contributed by atoms with Crippen LogP contribution in [0.4, 0.5) is 0 Å². The van der Waals surface area contributed by atoms with Crippen LogP contribution in [0.5, 0.6) is 0 Å². The van der Waals surface area contributed by atoms with E-state index in [-0.39, 0.29) is 35.9 Å². The predicted octanol–water partition coefficient (Wildman–Crippen LogP) is 0.986. The van der Waals surface area contributed by atoms with Crippen molar-refractivity contribution in [1.29, 1.82) is 0 Å². The summed E-state index contributed by atoms with van der Waals surface area (Å²) in [5.74, 6) is 0.0990. The lowest BCUT2D eigenvalue weighted by Crippen LogP contribution is -2.65. The number of amides is 2. The maximum absolute atomic E-state index is 12.8. The van der Waals surface area contributed by atoms with Gasteiger partial charge in [0.15, 0.2) is 0 Å². The van der Waals surface area contributed by atoms with Crippen LogP contribution in [0.15, 0.2) is 0 Å². The first kappa shape index (κ1) is 14.8. The number of hydrogen-bond acceptors (Lipinski definition) is 3. The Morgan fingerprint density at radius 1 is 1.10 bits per heavy atom. The molecule has 0 aromatic heterocycles. The van der Waals surface area contributed by atoms with Gasteiger partial charge in [0.1, 0.15) is 6.04 Å². The van der Waals surface area contributed by atoms with Crippen LogP contribution in [-0.4, -0.2) is 59.4 Å². The molecule has 0 spiro atoms. The monoisotopic (exact) mass is 293 g/mol. The van der Waals surface area contributed by atoms with E-state index in [4.69, 9.17) is 0 Å². The summed E-state index contributed by atoms with van der Waals surface area (Å²) in [6, 6.07) is 0.475. The highest BCUT2D eigenvalue weighted by molar-refractivity contribution is 5.95. The van der Waals surface area contributed by atoms with Gasteiger partial charge in [0.25, 0.3) is 0 Å². The van der Waals surface area contributed by atoms with Crippen LogP contribution in [0.25, 0.3) is 0 Å². The number of nitrogens with one attached hydrogen (secondary N) is 1. The van der Waals surface area contributed by atoms with E-state index in [1.54, 1.807) is 0 Å². The van der Waals surface area contributed by atoms with Crippen molar-refractivity contribution in [1.82, 2.24) is 15.1 Å². The number of rotatable bonds is 1. The molecule has 0 saturated carbocycles. The number of piperidine rings is 1. The molecule has 0 aliphatic carbocycles. The molecular formula is C16H27N3O2. The molecule has 3 atom stereocenters. The van der Waals surface area contributed by atoms with E-state index in [1.807, 2.05) is 25.7 Å². The number of nitrogens with zero attached hydrogens (tertiary/aromatic N) is 2. The Labute approximate surface area is 127 Å². The van der Waals surface area contributed by atoms with Gasteiger partial charge >= 0.3 is 0 Å². The first-order valence-corrected chi connectivity index (χ1v) is 8.20. The van der Waals surface area contributed by atoms with Crippen LogP contribution >= 0.6 is 0 Å². The Morgan fingerprint density at radius 3 is 2.57 bits per heavy atom. The third-order valence-corrected chi connectivity index (χ3v) is 5.25. The van der Waals surface area contributed by atoms with Crippen molar-refractivity contribution in [3.63, 3.8) is 0 Å². The number of carbonyl (C=O) groups excluding carboxylic acids is 2. The van der Waals surface area contributed by atoms with E-state index in [0.717, 1.165) is 19.4 Å². The highest BCUT2D eigenvalue weighted by atomic mass is 16.2. The second kappa shape index (κ2) is 5.27. The fraction of sp³-hybridized carbons (Fsp3) is 0.875. The summed E-state index contributed by atoms with van der Waals surface area (Å²) in [4.78, 5) is 29.3. The van der Waals surface area contributed by atoms with Gasteiger partial charge in [-0.15, -0.1) is 0 Å². The summed E-state index contributed by atoms with van der Waals surface area (Å²) in [6.45, 7) is 8.55. The van der Waals surface area contributed by atoms with Crippen LogP contribution in [0.3, 0.4) is 0 Å². The van der Waals surface area contributed by atoms with Crippen molar-refractivity contribution in [2.45, 2.75) is 64.6 Å². The smallest absolute Gasteiger partial charge is 0.246 e. The summed E-state index contributed by atoms with van der Waals surface area (Å²) < 4.78 is 0. The first-order valence-electron chi connectivity index (χ1n) is 8.20. The van der Waals surface area contributed by atoms with Crippen molar-refractivity contribution < 1.29 is 9.59 Å². The maximum Gasteiger partial charge on any atom is 0.246 e. The lowest BCUT2D eigenvalue weighted by Gasteiger charge is -2.45. The Bertz CT molecular complexity index is 443. The summed E-state index contributed by atoms with van der Waals surface area (Å²) in [5.41, 5.74) is -0.237. The van der Waals surface area contributed by atoms with Gasteiger partial charge in [0.2, 0.25) is 11.8 Å². The van der Waals surface area contributed by atoms with Gasteiger partial charge in [-0.25, -0.2) is 0 Å². The van der Waals surface area contributed by atoms with E-state index in [0.29, 0.717) is 6.04 Å². The summed E-state index contributed by atoms with van der Waals surface area (Å²) in [5, 5.41) is 2.88. The van der Waals surface area contributed by atoms with Gasteiger partial charge < -0.3 is 15.1 Å². The second-order valence-corrected chi connectivity index (χ2v) is 7.84. The molecule has 21 heavy (non-hydrogen) atoms. The zero-order chi connectivity index (χ0) is 15.2. The largest absolute Gasteiger partial charge is 0.342 e. The molecule has 2 amide bonds. The molecular weight excluding hydrogens is 266 g/mol. The average molecular weight is 293 g/mol. The van der Waals surface area contributed by atoms with Crippen LogP contribution in [0.1, 0.15) is 46.5 Å². The van der Waals surface area contributed by atoms with Crippen molar-refractivity contribution in [3.8, 4) is 0 Å². The fourth-order valence-corrected chi connectivity index (χ4v) is 4.05. The predicted molar refractivity (Wildman–Crippen MR) is 80.7 cm³/mol. The van der Waals surface area contributed by atoms with Gasteiger partial charge in [-0.3, -0.25) is 9.59 Å². The second-order valence-electron chi connectivity index (χ2n) is 7.84. The van der Waals surface area contributed by atoms with Gasteiger partial charge in [-0.1, -0.05) is 20.8 Å². The Hall–Kier alpha value is -1.10. The van der Waals surface area contributed by atoms with Crippen molar-refractivity contribution >= 4 is 11.8 Å². The zero-order valence-electron chi connectivity index (χ0n) is 13.4. The molecule has 5 nitrogen and oxygen atoms in total. The van der Waals surface area contributed by atoms with Crippen LogP contribution < -0.4 is 5.32 Å². The third kappa shape index (κ3) is 2.80. The highest BCUT2D eigenvalue weighted by Crippen LogP contribution is 2.31. The lowest BCUT2D eigenvalue weighted by molar-refractivity contribution is -0.151. The van der Waals surface area contributed by atoms with Crippen molar-refractivity contribution in [2.75, 3.05) is 19.6 Å². The first-order chi connectivity index (χ1) is 9.86. The molecule has 118 valence electrons. The van der Waals surface area contributed by atoms with Gasteiger partial charge in [-0.05, 0) is 37.6 Å². The number of piperazine rings is 1.